The molecule has 6 aromatic rings. The summed E-state index contributed by atoms with van der Waals surface area (Å²) in [6.07, 6.45) is -1.51. The molecule has 3 amide bonds. The van der Waals surface area contributed by atoms with E-state index in [0.29, 0.717) is 83.1 Å². The molecular weight excluding hydrogens is 891 g/mol. The van der Waals surface area contributed by atoms with Gasteiger partial charge in [0.05, 0.1) is 52.7 Å². The van der Waals surface area contributed by atoms with Gasteiger partial charge in [-0.3, -0.25) is 14.3 Å². The number of aromatic nitrogens is 4. The van der Waals surface area contributed by atoms with Crippen LogP contribution in [0.3, 0.4) is 0 Å². The van der Waals surface area contributed by atoms with Gasteiger partial charge < -0.3 is 34.4 Å². The molecule has 3 N–H and O–H groups in total. The van der Waals surface area contributed by atoms with Crippen LogP contribution in [-0.2, 0) is 26.9 Å². The second kappa shape index (κ2) is 17.4. The number of ether oxygens (including phenoxy) is 3. The summed E-state index contributed by atoms with van der Waals surface area (Å²) in [5.74, 6) is -0.254. The number of likely N-dealkylation sites (tertiary alicyclic amines) is 2. The van der Waals surface area contributed by atoms with E-state index in [1.807, 2.05) is 71.9 Å². The van der Waals surface area contributed by atoms with E-state index in [4.69, 9.17) is 14.2 Å². The van der Waals surface area contributed by atoms with Crippen molar-refractivity contribution < 1.29 is 46.2 Å². The first-order valence-corrected chi connectivity index (χ1v) is 23.4. The third-order valence-corrected chi connectivity index (χ3v) is 13.9. The van der Waals surface area contributed by atoms with Crippen molar-refractivity contribution in [3.05, 3.63) is 93.4 Å². The van der Waals surface area contributed by atoms with Crippen LogP contribution in [0, 0.1) is 11.7 Å². The van der Waals surface area contributed by atoms with E-state index in [0.717, 1.165) is 35.7 Å². The average molecular weight is 944 g/mol. The number of methoxy groups -OCH3 is 1. The molecule has 2 fully saturated rings. The zero-order valence-corrected chi connectivity index (χ0v) is 39.1. The number of carbonyl (C=O) groups excluding carboxylic acids is 3. The lowest BCUT2D eigenvalue weighted by molar-refractivity contribution is -0.135. The summed E-state index contributed by atoms with van der Waals surface area (Å²) < 4.78 is 77.9. The fourth-order valence-corrected chi connectivity index (χ4v) is 10.5. The maximum absolute atomic E-state index is 16.9. The van der Waals surface area contributed by atoms with Gasteiger partial charge in [-0.05, 0) is 113 Å². The van der Waals surface area contributed by atoms with E-state index in [-0.39, 0.29) is 40.1 Å². The first-order chi connectivity index (χ1) is 31.8. The molecule has 4 unspecified atom stereocenters. The van der Waals surface area contributed by atoms with Gasteiger partial charge in [-0.1, -0.05) is 26.8 Å². The molecule has 0 radical (unpaired) electrons. The van der Waals surface area contributed by atoms with E-state index in [1.54, 1.807) is 26.6 Å². The van der Waals surface area contributed by atoms with Crippen molar-refractivity contribution in [1.82, 2.24) is 34.6 Å². The molecule has 9 rings (SSSR count). The Morgan fingerprint density at radius 2 is 1.69 bits per heavy atom. The largest absolute Gasteiger partial charge is 0.464 e. The van der Waals surface area contributed by atoms with Gasteiger partial charge in [0.1, 0.15) is 33.9 Å². The molecule has 354 valence electrons. The Labute approximate surface area is 388 Å². The Kier molecular flexibility index (Phi) is 11.9. The number of benzene rings is 2. The van der Waals surface area contributed by atoms with Crippen LogP contribution in [-0.4, -0.2) is 79.3 Å². The Morgan fingerprint density at radius 3 is 2.37 bits per heavy atom. The minimum absolute atomic E-state index is 0.155. The zero-order chi connectivity index (χ0) is 47.7. The fourth-order valence-electron chi connectivity index (χ4n) is 9.63. The number of aromatic amines is 2. The van der Waals surface area contributed by atoms with Gasteiger partial charge in [-0.2, -0.15) is 13.2 Å². The topological polar surface area (TPSA) is 147 Å². The van der Waals surface area contributed by atoms with Crippen LogP contribution in [0.4, 0.5) is 27.2 Å². The molecule has 0 spiro atoms. The lowest BCUT2D eigenvalue weighted by Gasteiger charge is -2.31. The zero-order valence-electron chi connectivity index (χ0n) is 38.3. The summed E-state index contributed by atoms with van der Waals surface area (Å²) in [5.41, 5.74) is 4.78. The van der Waals surface area contributed by atoms with Crippen LogP contribution in [0.2, 0.25) is 0 Å². The highest BCUT2D eigenvalue weighted by atomic mass is 32.1. The minimum Gasteiger partial charge on any atom is -0.464 e. The molecule has 2 saturated heterocycles. The fraction of sp³-hybridized carbons (Fsp3) is 0.429. The summed E-state index contributed by atoms with van der Waals surface area (Å²) in [4.78, 5) is 53.7. The van der Waals surface area contributed by atoms with Crippen molar-refractivity contribution in [2.75, 3.05) is 20.2 Å². The van der Waals surface area contributed by atoms with Crippen molar-refractivity contribution in [3.63, 3.8) is 0 Å². The number of imidazole rings is 1. The number of hydrogen-bond donors (Lipinski definition) is 3. The number of rotatable bonds is 9. The molecule has 7 heterocycles. The monoisotopic (exact) mass is 943 g/mol. The Morgan fingerprint density at radius 1 is 0.940 bits per heavy atom. The number of halogens is 4. The van der Waals surface area contributed by atoms with E-state index < -0.39 is 46.9 Å². The number of carbonyl (C=O) groups is 3. The highest BCUT2D eigenvalue weighted by molar-refractivity contribution is 7.12. The minimum atomic E-state index is -4.58. The normalized spacial score (nSPS) is 18.8. The number of H-pyrrole nitrogens is 2. The second-order valence-electron chi connectivity index (χ2n) is 18.7. The van der Waals surface area contributed by atoms with E-state index in [9.17, 15) is 27.6 Å². The molecule has 0 bridgehead atoms. The van der Waals surface area contributed by atoms with Gasteiger partial charge >= 0.3 is 18.4 Å². The van der Waals surface area contributed by atoms with Crippen LogP contribution < -0.4 is 10.1 Å². The SMILES string of the molecule is CCc1cc(-c2cc(F)c3c(c2)OC(c2ccc(C(F)(F)F)s2)n2c-3cc3cc(-c4cnc(C5CCCN5C(=O)OC(C)(C)C)[nH]4)ccc32)[nH]c1C1CCCN1C(=O)C(NC(=O)OC)C(C)C. The number of hydrogen-bond acceptors (Lipinski definition) is 8. The van der Waals surface area contributed by atoms with Crippen LogP contribution in [0.15, 0.2) is 60.8 Å². The number of amides is 3. The van der Waals surface area contributed by atoms with Gasteiger partial charge in [0, 0.05) is 41.0 Å². The second-order valence-corrected chi connectivity index (χ2v) is 19.8. The average Bonchev–Trinajstić information content (AvgIpc) is 4.13. The van der Waals surface area contributed by atoms with Crippen molar-refractivity contribution in [1.29, 1.82) is 0 Å². The maximum atomic E-state index is 16.9. The molecule has 4 aromatic heterocycles. The van der Waals surface area contributed by atoms with Gasteiger partial charge in [0.2, 0.25) is 12.1 Å². The van der Waals surface area contributed by atoms with Crippen LogP contribution in [0.1, 0.15) is 112 Å². The highest BCUT2D eigenvalue weighted by Gasteiger charge is 2.40. The molecule has 0 aliphatic carbocycles. The Bertz CT molecular complexity index is 2870. The summed E-state index contributed by atoms with van der Waals surface area (Å²) in [6.45, 7) is 12.2. The first kappa shape index (κ1) is 45.8. The maximum Gasteiger partial charge on any atom is 0.425 e. The quantitative estimate of drug-likeness (QED) is 0.122. The molecule has 3 aliphatic heterocycles. The molecular formula is C49H53F4N7O6S. The number of alkyl carbamates (subject to hydrolysis) is 1. The number of aryl methyl sites for hydroxylation is 1. The molecule has 0 saturated carbocycles. The van der Waals surface area contributed by atoms with Crippen molar-refractivity contribution in [3.8, 4) is 39.5 Å². The van der Waals surface area contributed by atoms with Gasteiger partial charge in [-0.15, -0.1) is 11.3 Å². The molecule has 4 atom stereocenters. The van der Waals surface area contributed by atoms with Crippen molar-refractivity contribution in [2.45, 2.75) is 110 Å². The summed E-state index contributed by atoms with van der Waals surface area (Å²) in [6, 6.07) is 13.5. The van der Waals surface area contributed by atoms with E-state index >= 15 is 4.39 Å². The van der Waals surface area contributed by atoms with Gasteiger partial charge in [0.15, 0.2) is 0 Å². The van der Waals surface area contributed by atoms with Gasteiger partial charge in [-0.25, -0.2) is 19.0 Å². The molecule has 2 aromatic carbocycles. The number of nitrogens with zero attached hydrogens (tertiary/aromatic N) is 4. The lowest BCUT2D eigenvalue weighted by atomic mass is 10.0. The lowest BCUT2D eigenvalue weighted by Crippen LogP contribution is -2.51. The van der Waals surface area contributed by atoms with E-state index in [2.05, 4.69) is 20.3 Å². The predicted molar refractivity (Wildman–Crippen MR) is 245 cm³/mol. The van der Waals surface area contributed by atoms with Gasteiger partial charge in [0.25, 0.3) is 0 Å². The Balaban J connectivity index is 1.08. The summed E-state index contributed by atoms with van der Waals surface area (Å²) in [5, 5.41) is 3.38. The standard InChI is InChI=1S/C49H53F4N7O6S/c1-8-26-21-31(55-42(26)34-11-9-17-58(34)44(61)41(25(2)3)57-46(62)64-7)28-20-30(50)40-36-22-29-19-27(32-24-54-43(56-32)35-12-10-18-59(35)47(63)66-48(4,5)6)13-14-33(29)60(36)45(65-37(40)23-28)38-15-16-39(67-38)49(51,52)53/h13-16,19-25,34-35,41,45,55H,8-12,17-18H2,1-7H3,(H,54,56)(H,57,62). The predicted octanol–water partition coefficient (Wildman–Crippen LogP) is 11.5. The number of fused-ring (bicyclic) bond motifs is 5. The summed E-state index contributed by atoms with van der Waals surface area (Å²) >= 11 is 0.571. The van der Waals surface area contributed by atoms with Crippen LogP contribution in [0.5, 0.6) is 5.75 Å². The van der Waals surface area contributed by atoms with Crippen molar-refractivity contribution in [2.24, 2.45) is 5.92 Å². The summed E-state index contributed by atoms with van der Waals surface area (Å²) in [7, 11) is 1.25. The van der Waals surface area contributed by atoms with Crippen LogP contribution >= 0.6 is 11.3 Å². The Hall–Kier alpha value is -6.30. The highest BCUT2D eigenvalue weighted by Crippen LogP contribution is 2.49. The third-order valence-electron chi connectivity index (χ3n) is 12.8. The number of alkyl halides is 3. The number of nitrogens with one attached hydrogen (secondary N) is 3. The molecule has 13 nitrogen and oxygen atoms in total. The molecule has 67 heavy (non-hydrogen) atoms. The molecule has 18 heteroatoms. The van der Waals surface area contributed by atoms with Crippen molar-refractivity contribution >= 4 is 40.3 Å². The third kappa shape index (κ3) is 8.64. The van der Waals surface area contributed by atoms with E-state index in [1.165, 1.54) is 19.2 Å². The first-order valence-electron chi connectivity index (χ1n) is 22.6. The molecule has 3 aliphatic rings. The smallest absolute Gasteiger partial charge is 0.425 e. The van der Waals surface area contributed by atoms with Crippen LogP contribution in [0.25, 0.3) is 44.7 Å². The number of thiophene rings is 1.